The van der Waals surface area contributed by atoms with Gasteiger partial charge in [0.1, 0.15) is 0 Å². The van der Waals surface area contributed by atoms with Gasteiger partial charge in [-0.15, -0.1) is 0 Å². The van der Waals surface area contributed by atoms with Gasteiger partial charge in [0.25, 0.3) is 5.56 Å². The molecule has 2 aromatic heterocycles. The van der Waals surface area contributed by atoms with Gasteiger partial charge >= 0.3 is 0 Å². The third kappa shape index (κ3) is 3.13. The molecule has 2 aromatic rings. The summed E-state index contributed by atoms with van der Waals surface area (Å²) in [6.07, 6.45) is 6.79. The topological polar surface area (TPSA) is 67.7 Å². The van der Waals surface area contributed by atoms with E-state index in [0.29, 0.717) is 5.92 Å². The lowest BCUT2D eigenvalue weighted by molar-refractivity contribution is 0.294. The second kappa shape index (κ2) is 6.37. The lowest BCUT2D eigenvalue weighted by atomic mass is 10.0. The number of nitrogens with one attached hydrogen (secondary N) is 3. The van der Waals surface area contributed by atoms with Gasteiger partial charge in [-0.3, -0.25) is 19.9 Å². The van der Waals surface area contributed by atoms with Crippen LogP contribution in [-0.4, -0.2) is 33.2 Å². The third-order valence-electron chi connectivity index (χ3n) is 5.61. The Morgan fingerprint density at radius 3 is 2.48 bits per heavy atom. The molecule has 0 amide bonds. The highest BCUT2D eigenvalue weighted by Crippen LogP contribution is 2.44. The fourth-order valence-electron chi connectivity index (χ4n) is 3.78. The molecule has 2 saturated carbocycles. The second-order valence-corrected chi connectivity index (χ2v) is 7.41. The Labute approximate surface area is 147 Å². The summed E-state index contributed by atoms with van der Waals surface area (Å²) in [5, 5.41) is 7.61. The van der Waals surface area contributed by atoms with Gasteiger partial charge in [0.05, 0.1) is 10.6 Å². The van der Waals surface area contributed by atoms with Crippen LogP contribution in [-0.2, 0) is 6.54 Å². The molecule has 0 aromatic carbocycles. The fraction of sp³-hybridized carbons (Fsp3) is 0.550. The molecular weight excluding hydrogens is 312 g/mol. The molecule has 3 N–H and O–H groups in total. The van der Waals surface area contributed by atoms with Crippen molar-refractivity contribution in [3.8, 4) is 0 Å². The molecule has 0 saturated heterocycles. The first kappa shape index (κ1) is 16.5. The van der Waals surface area contributed by atoms with E-state index in [1.165, 1.54) is 35.2 Å². The first-order valence-electron chi connectivity index (χ1n) is 9.56. The minimum absolute atomic E-state index is 0.0197. The Hall–Kier alpha value is -2.01. The lowest BCUT2D eigenvalue weighted by Crippen LogP contribution is -2.33. The summed E-state index contributed by atoms with van der Waals surface area (Å²) in [5.74, 6) is 0.650. The van der Waals surface area contributed by atoms with Crippen LogP contribution in [0.3, 0.4) is 0 Å². The number of aromatic amines is 3. The summed E-state index contributed by atoms with van der Waals surface area (Å²) in [7, 11) is 0. The highest BCUT2D eigenvalue weighted by molar-refractivity contribution is 5.61. The molecule has 134 valence electrons. The normalized spacial score (nSPS) is 17.8. The molecule has 25 heavy (non-hydrogen) atoms. The van der Waals surface area contributed by atoms with Crippen LogP contribution < -0.4 is 16.1 Å². The van der Waals surface area contributed by atoms with Gasteiger partial charge in [-0.1, -0.05) is 13.8 Å². The Kier molecular flexibility index (Phi) is 4.20. The minimum atomic E-state index is -0.0197. The highest BCUT2D eigenvalue weighted by atomic mass is 16.1. The molecule has 0 unspecified atom stereocenters. The van der Waals surface area contributed by atoms with Crippen molar-refractivity contribution >= 4 is 11.6 Å². The van der Waals surface area contributed by atoms with Crippen LogP contribution in [0.15, 0.2) is 4.79 Å². The van der Waals surface area contributed by atoms with Crippen LogP contribution in [0, 0.1) is 6.92 Å². The second-order valence-electron chi connectivity index (χ2n) is 7.41. The summed E-state index contributed by atoms with van der Waals surface area (Å²) in [5.41, 5.74) is 6.59. The average Bonchev–Trinajstić information content (AvgIpc) is 3.52. The van der Waals surface area contributed by atoms with Crippen molar-refractivity contribution in [3.63, 3.8) is 0 Å². The van der Waals surface area contributed by atoms with Crippen LogP contribution >= 0.6 is 0 Å². The Morgan fingerprint density at radius 2 is 1.88 bits per heavy atom. The number of nitrogens with zero attached hydrogens (tertiary/aromatic N) is 1. The summed E-state index contributed by atoms with van der Waals surface area (Å²) in [6, 6.07) is 0. The van der Waals surface area contributed by atoms with Gasteiger partial charge in [0.15, 0.2) is 0 Å². The molecule has 5 heteroatoms. The monoisotopic (exact) mass is 340 g/mol. The van der Waals surface area contributed by atoms with Crippen molar-refractivity contribution in [1.82, 2.24) is 20.1 Å². The van der Waals surface area contributed by atoms with E-state index in [9.17, 15) is 4.79 Å². The molecule has 0 aliphatic heterocycles. The van der Waals surface area contributed by atoms with E-state index in [1.54, 1.807) is 0 Å². The average molecular weight is 340 g/mol. The molecule has 0 radical (unpaired) electrons. The van der Waals surface area contributed by atoms with Crippen molar-refractivity contribution in [2.24, 2.45) is 0 Å². The molecule has 0 spiro atoms. The van der Waals surface area contributed by atoms with Gasteiger partial charge in [-0.05, 0) is 74.4 Å². The molecular formula is C20H28N4O. The first-order chi connectivity index (χ1) is 12.1. The first-order valence-corrected chi connectivity index (χ1v) is 9.56. The van der Waals surface area contributed by atoms with Crippen LogP contribution in [0.2, 0.25) is 0 Å². The molecule has 0 bridgehead atoms. The van der Waals surface area contributed by atoms with Crippen LogP contribution in [0.4, 0.5) is 0 Å². The van der Waals surface area contributed by atoms with Gasteiger partial charge in [-0.25, -0.2) is 0 Å². The van der Waals surface area contributed by atoms with E-state index in [0.717, 1.165) is 48.7 Å². The zero-order valence-electron chi connectivity index (χ0n) is 15.5. The lowest BCUT2D eigenvalue weighted by Gasteiger charge is -2.19. The van der Waals surface area contributed by atoms with Crippen molar-refractivity contribution in [2.45, 2.75) is 58.9 Å². The van der Waals surface area contributed by atoms with Crippen molar-refractivity contribution < 1.29 is 0 Å². The number of hydrogen-bond acceptors (Lipinski definition) is 2. The molecule has 2 aliphatic rings. The number of H-pyrrole nitrogens is 3. The fourth-order valence-corrected chi connectivity index (χ4v) is 3.78. The molecule has 2 fully saturated rings. The maximum atomic E-state index is 12.3. The standard InChI is InChI=1S/C20H28N4O/c1-4-24(5-2)11-16-12(3)21-17(18(16)13-6-7-13)10-15-19(14-8-9-14)22-23-20(15)25/h10,13,21-22H,4-9,11H2,1-3H3,(H,23,25). The largest absolute Gasteiger partial charge is 0.359 e. The molecule has 2 aliphatic carbocycles. The third-order valence-corrected chi connectivity index (χ3v) is 5.61. The molecule has 0 atom stereocenters. The van der Waals surface area contributed by atoms with Crippen molar-refractivity contribution in [1.29, 1.82) is 0 Å². The molecule has 4 rings (SSSR count). The smallest absolute Gasteiger partial charge is 0.271 e. The Bertz CT molecular complexity index is 945. The quantitative estimate of drug-likeness (QED) is 0.751. The van der Waals surface area contributed by atoms with Crippen molar-refractivity contribution in [3.05, 3.63) is 43.4 Å². The van der Waals surface area contributed by atoms with E-state index in [1.807, 2.05) is 0 Å². The van der Waals surface area contributed by atoms with Gasteiger partial charge in [0.2, 0.25) is 0 Å². The Morgan fingerprint density at radius 1 is 1.16 bits per heavy atom. The molecule has 5 nitrogen and oxygen atoms in total. The van der Waals surface area contributed by atoms with E-state index in [2.05, 4.69) is 46.9 Å². The van der Waals surface area contributed by atoms with E-state index >= 15 is 0 Å². The van der Waals surface area contributed by atoms with Crippen LogP contribution in [0.25, 0.3) is 11.6 Å². The predicted octanol–water partition coefficient (Wildman–Crippen LogP) is 1.83. The Balaban J connectivity index is 1.84. The summed E-state index contributed by atoms with van der Waals surface area (Å²) >= 11 is 0. The zero-order valence-corrected chi connectivity index (χ0v) is 15.5. The maximum Gasteiger partial charge on any atom is 0.271 e. The summed E-state index contributed by atoms with van der Waals surface area (Å²) in [6.45, 7) is 9.71. The number of rotatable bonds is 6. The number of aromatic nitrogens is 3. The van der Waals surface area contributed by atoms with Gasteiger partial charge < -0.3 is 4.98 Å². The zero-order chi connectivity index (χ0) is 17.6. The van der Waals surface area contributed by atoms with E-state index in [-0.39, 0.29) is 5.56 Å². The SMILES string of the molecule is CCN(CC)Cc1c(C)[nH]c(C=c2c(=O)[nH][nH]c2=C2CC2)c1C1CC1. The van der Waals surface area contributed by atoms with Gasteiger partial charge in [0, 0.05) is 17.9 Å². The maximum absolute atomic E-state index is 12.3. The number of aryl methyl sites for hydroxylation is 1. The summed E-state index contributed by atoms with van der Waals surface area (Å²) in [4.78, 5) is 18.3. The van der Waals surface area contributed by atoms with Crippen LogP contribution in [0.1, 0.15) is 68.0 Å². The predicted molar refractivity (Wildman–Crippen MR) is 101 cm³/mol. The van der Waals surface area contributed by atoms with E-state index in [4.69, 9.17) is 0 Å². The molecule has 2 heterocycles. The van der Waals surface area contributed by atoms with Crippen LogP contribution in [0.5, 0.6) is 0 Å². The van der Waals surface area contributed by atoms with Gasteiger partial charge in [-0.2, -0.15) is 0 Å². The van der Waals surface area contributed by atoms with E-state index < -0.39 is 0 Å². The summed E-state index contributed by atoms with van der Waals surface area (Å²) < 4.78 is 0. The van der Waals surface area contributed by atoms with Crippen molar-refractivity contribution in [2.75, 3.05) is 13.1 Å². The minimum Gasteiger partial charge on any atom is -0.359 e. The number of hydrogen-bond donors (Lipinski definition) is 3. The highest BCUT2D eigenvalue weighted by Gasteiger charge is 2.31.